The van der Waals surface area contributed by atoms with Crippen molar-refractivity contribution in [3.8, 4) is 0 Å². The molecule has 1 N–H and O–H groups in total. The van der Waals surface area contributed by atoms with Gasteiger partial charge in [0.25, 0.3) is 5.91 Å². The predicted molar refractivity (Wildman–Crippen MR) is 94.9 cm³/mol. The topological polar surface area (TPSA) is 54.9 Å². The molecule has 0 bridgehead atoms. The lowest BCUT2D eigenvalue weighted by molar-refractivity contribution is 0.0952. The van der Waals surface area contributed by atoms with Crippen LogP contribution < -0.4 is 5.32 Å². The van der Waals surface area contributed by atoms with Crippen molar-refractivity contribution < 1.29 is 9.18 Å². The number of nitrogens with zero attached hydrogens (tertiary/aromatic N) is 2. The molecule has 0 aromatic carbocycles. The highest BCUT2D eigenvalue weighted by molar-refractivity contribution is 14.1. The number of carbonyl (C=O) groups is 1. The van der Waals surface area contributed by atoms with Crippen molar-refractivity contribution in [3.63, 3.8) is 0 Å². The van der Waals surface area contributed by atoms with Gasteiger partial charge in [-0.2, -0.15) is 4.39 Å². The fourth-order valence-corrected chi connectivity index (χ4v) is 3.27. The van der Waals surface area contributed by atoms with E-state index >= 15 is 0 Å². The van der Waals surface area contributed by atoms with E-state index in [1.165, 1.54) is 12.3 Å². The summed E-state index contributed by atoms with van der Waals surface area (Å²) in [5.41, 5.74) is 1.30. The van der Waals surface area contributed by atoms with E-state index in [0.717, 1.165) is 4.47 Å². The molecular weight excluding hydrogens is 487 g/mol. The van der Waals surface area contributed by atoms with Gasteiger partial charge < -0.3 is 5.32 Å². The minimum Gasteiger partial charge on any atom is -0.352 e. The van der Waals surface area contributed by atoms with Gasteiger partial charge in [-0.3, -0.25) is 9.78 Å². The fourth-order valence-electron chi connectivity index (χ4n) is 1.82. The van der Waals surface area contributed by atoms with Crippen LogP contribution in [0.3, 0.4) is 0 Å². The smallest absolute Gasteiger partial charge is 0.251 e. The number of aromatic nitrogens is 2. The molecule has 1 amide bonds. The van der Waals surface area contributed by atoms with Gasteiger partial charge in [-0.05, 0) is 28.1 Å². The molecule has 0 saturated heterocycles. The molecule has 0 radical (unpaired) electrons. The Bertz CT molecular complexity index is 702. The van der Waals surface area contributed by atoms with Gasteiger partial charge in [-0.15, -0.1) is 0 Å². The zero-order chi connectivity index (χ0) is 16.1. The Kier molecular flexibility index (Phi) is 6.51. The summed E-state index contributed by atoms with van der Waals surface area (Å²) in [7, 11) is 0. The maximum atomic E-state index is 13.6. The average molecular weight is 499 g/mol. The molecule has 2 aromatic heterocycles. The zero-order valence-electron chi connectivity index (χ0n) is 11.2. The molecule has 2 heterocycles. The number of rotatable bonds is 5. The van der Waals surface area contributed by atoms with E-state index in [4.69, 9.17) is 11.6 Å². The lowest BCUT2D eigenvalue weighted by Gasteiger charge is -2.09. The first kappa shape index (κ1) is 17.6. The van der Waals surface area contributed by atoms with E-state index in [0.29, 0.717) is 39.2 Å². The molecule has 2 rings (SSSR count). The van der Waals surface area contributed by atoms with E-state index in [1.54, 1.807) is 12.3 Å². The van der Waals surface area contributed by atoms with Crippen LogP contribution in [0, 0.1) is 5.95 Å². The summed E-state index contributed by atoms with van der Waals surface area (Å²) in [6.07, 6.45) is 3.42. The summed E-state index contributed by atoms with van der Waals surface area (Å²) < 4.78 is 14.7. The average Bonchev–Trinajstić information content (AvgIpc) is 2.49. The molecule has 0 aliphatic rings. The Morgan fingerprint density at radius 3 is 2.91 bits per heavy atom. The molecule has 8 heteroatoms. The standard InChI is InChI=1S/C14H11BrClFIN3O/c15-8-5-11(16)12(21-7-8)2-4-20-14(22)9-1-3-19-13(17)10(9)6-18/h1,3,5,7H,2,4,6H2,(H,20,22). The van der Waals surface area contributed by atoms with Gasteiger partial charge in [0.15, 0.2) is 0 Å². The van der Waals surface area contributed by atoms with Crippen molar-refractivity contribution in [1.29, 1.82) is 0 Å². The molecule has 0 unspecified atom stereocenters. The molecule has 0 atom stereocenters. The van der Waals surface area contributed by atoms with E-state index < -0.39 is 5.95 Å². The van der Waals surface area contributed by atoms with Crippen LogP contribution in [0.25, 0.3) is 0 Å². The molecule has 22 heavy (non-hydrogen) atoms. The summed E-state index contributed by atoms with van der Waals surface area (Å²) in [5, 5.41) is 3.28. The van der Waals surface area contributed by atoms with Crippen LogP contribution in [0.2, 0.25) is 5.02 Å². The normalized spacial score (nSPS) is 10.5. The van der Waals surface area contributed by atoms with Crippen molar-refractivity contribution in [2.24, 2.45) is 0 Å². The third-order valence-electron chi connectivity index (χ3n) is 2.91. The van der Waals surface area contributed by atoms with E-state index in [1.807, 2.05) is 22.6 Å². The minimum absolute atomic E-state index is 0.303. The van der Waals surface area contributed by atoms with Crippen molar-refractivity contribution in [2.75, 3.05) is 6.54 Å². The van der Waals surface area contributed by atoms with Gasteiger partial charge in [0.05, 0.1) is 10.7 Å². The number of hydrogen-bond donors (Lipinski definition) is 1. The van der Waals surface area contributed by atoms with Crippen molar-refractivity contribution >= 4 is 56.0 Å². The summed E-state index contributed by atoms with van der Waals surface area (Å²) in [6.45, 7) is 0.359. The number of amides is 1. The first-order chi connectivity index (χ1) is 10.5. The second-order valence-corrected chi connectivity index (χ2v) is 6.44. The first-order valence-corrected chi connectivity index (χ1v) is 9.00. The quantitative estimate of drug-likeness (QED) is 0.386. The number of halogens is 4. The van der Waals surface area contributed by atoms with Crippen molar-refractivity contribution in [1.82, 2.24) is 15.3 Å². The molecule has 0 spiro atoms. The lowest BCUT2D eigenvalue weighted by atomic mass is 10.1. The van der Waals surface area contributed by atoms with E-state index in [-0.39, 0.29) is 5.91 Å². The summed E-state index contributed by atoms with van der Waals surface area (Å²) >= 11 is 11.3. The van der Waals surface area contributed by atoms with Crippen LogP contribution in [0.1, 0.15) is 21.6 Å². The minimum atomic E-state index is -0.611. The summed E-state index contributed by atoms with van der Waals surface area (Å²) in [4.78, 5) is 19.9. The molecule has 4 nitrogen and oxygen atoms in total. The maximum absolute atomic E-state index is 13.6. The Balaban J connectivity index is 2.00. The van der Waals surface area contributed by atoms with Crippen LogP contribution in [-0.2, 0) is 10.8 Å². The second-order valence-electron chi connectivity index (χ2n) is 4.35. The number of alkyl halides is 1. The molecule has 0 aliphatic carbocycles. The van der Waals surface area contributed by atoms with Gasteiger partial charge in [0.2, 0.25) is 5.95 Å². The molecule has 2 aromatic rings. The monoisotopic (exact) mass is 497 g/mol. The number of nitrogens with one attached hydrogen (secondary N) is 1. The first-order valence-electron chi connectivity index (χ1n) is 6.30. The molecule has 116 valence electrons. The fraction of sp³-hybridized carbons (Fsp3) is 0.214. The van der Waals surface area contributed by atoms with Gasteiger partial charge in [0.1, 0.15) is 0 Å². The van der Waals surface area contributed by atoms with Gasteiger partial charge in [-0.1, -0.05) is 34.2 Å². The van der Waals surface area contributed by atoms with Crippen molar-refractivity contribution in [3.05, 3.63) is 56.8 Å². The molecule has 0 aliphatic heterocycles. The SMILES string of the molecule is O=C(NCCc1ncc(Br)cc1Cl)c1ccnc(F)c1CI. The lowest BCUT2D eigenvalue weighted by Crippen LogP contribution is -2.27. The van der Waals surface area contributed by atoms with E-state index in [2.05, 4.69) is 31.2 Å². The molecular formula is C14H11BrClFIN3O. The highest BCUT2D eigenvalue weighted by Gasteiger charge is 2.15. The Morgan fingerprint density at radius 1 is 1.45 bits per heavy atom. The van der Waals surface area contributed by atoms with Crippen LogP contribution >= 0.6 is 50.1 Å². The second kappa shape index (κ2) is 8.16. The van der Waals surface area contributed by atoms with Crippen LogP contribution in [0.5, 0.6) is 0 Å². The van der Waals surface area contributed by atoms with Crippen LogP contribution in [0.4, 0.5) is 4.39 Å². The third-order valence-corrected chi connectivity index (χ3v) is 4.44. The summed E-state index contributed by atoms with van der Waals surface area (Å²) in [5.74, 6) is -0.944. The van der Waals surface area contributed by atoms with E-state index in [9.17, 15) is 9.18 Å². The molecule has 0 saturated carbocycles. The van der Waals surface area contributed by atoms with Crippen LogP contribution in [0.15, 0.2) is 29.0 Å². The number of pyridine rings is 2. The van der Waals surface area contributed by atoms with Gasteiger partial charge in [-0.25, -0.2) is 4.98 Å². The largest absolute Gasteiger partial charge is 0.352 e. The van der Waals surface area contributed by atoms with Gasteiger partial charge in [0, 0.05) is 45.4 Å². The maximum Gasteiger partial charge on any atom is 0.251 e. The summed E-state index contributed by atoms with van der Waals surface area (Å²) in [6, 6.07) is 3.26. The third kappa shape index (κ3) is 4.36. The number of carbonyl (C=O) groups excluding carboxylic acids is 1. The van der Waals surface area contributed by atoms with Gasteiger partial charge >= 0.3 is 0 Å². The predicted octanol–water partition coefficient (Wildman–Crippen LogP) is 3.94. The Morgan fingerprint density at radius 2 is 2.23 bits per heavy atom. The Labute approximate surface area is 154 Å². The van der Waals surface area contributed by atoms with Crippen LogP contribution in [-0.4, -0.2) is 22.4 Å². The zero-order valence-corrected chi connectivity index (χ0v) is 15.7. The Hall–Kier alpha value is -0.800. The highest BCUT2D eigenvalue weighted by atomic mass is 127. The molecule has 0 fully saturated rings. The number of hydrogen-bond acceptors (Lipinski definition) is 3. The highest BCUT2D eigenvalue weighted by Crippen LogP contribution is 2.19. The van der Waals surface area contributed by atoms with Crippen molar-refractivity contribution in [2.45, 2.75) is 10.8 Å².